The van der Waals surface area contributed by atoms with Gasteiger partial charge in [-0.05, 0) is 47.2 Å². The molecule has 1 N–H and O–H groups in total. The normalized spacial score (nSPS) is 14.8. The summed E-state index contributed by atoms with van der Waals surface area (Å²) in [5.41, 5.74) is 1.67. The van der Waals surface area contributed by atoms with Crippen LogP contribution < -0.4 is 10.2 Å². The molecule has 4 nitrogen and oxygen atoms in total. The molecule has 1 fully saturated rings. The number of benzene rings is 3. The van der Waals surface area contributed by atoms with E-state index in [1.54, 1.807) is 6.07 Å². The number of hydrogen-bond acceptors (Lipinski definition) is 3. The molecule has 3 aromatic carbocycles. The standard InChI is InChI=1S/C23H22BrCl2N3O/c24-19-7-6-16-14-18(5-4-17(16)15-19)23(30)27-8-9-28-10-12-29(13-11-28)21-3-1-2-20(25)22(21)26/h1-7,14-15H,8-13H2,(H,27,30). The monoisotopic (exact) mass is 505 g/mol. The van der Waals surface area contributed by atoms with Crippen LogP contribution in [-0.2, 0) is 0 Å². The van der Waals surface area contributed by atoms with E-state index in [2.05, 4.69) is 31.0 Å². The van der Waals surface area contributed by atoms with Gasteiger partial charge in [0.1, 0.15) is 0 Å². The summed E-state index contributed by atoms with van der Waals surface area (Å²) in [5, 5.41) is 6.40. The molecule has 1 aliphatic heterocycles. The van der Waals surface area contributed by atoms with Crippen molar-refractivity contribution in [3.8, 4) is 0 Å². The van der Waals surface area contributed by atoms with Crippen LogP contribution in [0, 0.1) is 0 Å². The third-order valence-electron chi connectivity index (χ3n) is 5.42. The highest BCUT2D eigenvalue weighted by Crippen LogP contribution is 2.32. The van der Waals surface area contributed by atoms with E-state index in [4.69, 9.17) is 23.2 Å². The molecule has 0 radical (unpaired) electrons. The van der Waals surface area contributed by atoms with E-state index in [0.717, 1.165) is 53.7 Å². The fourth-order valence-electron chi connectivity index (χ4n) is 3.74. The minimum atomic E-state index is -0.0378. The molecule has 1 heterocycles. The van der Waals surface area contributed by atoms with E-state index in [1.165, 1.54) is 0 Å². The van der Waals surface area contributed by atoms with Gasteiger partial charge < -0.3 is 10.2 Å². The average Bonchev–Trinajstić information content (AvgIpc) is 2.76. The lowest BCUT2D eigenvalue weighted by molar-refractivity contribution is 0.0948. The summed E-state index contributed by atoms with van der Waals surface area (Å²) in [7, 11) is 0. The van der Waals surface area contributed by atoms with Crippen molar-refractivity contribution >= 4 is 61.5 Å². The molecule has 0 aliphatic carbocycles. The molecule has 0 unspecified atom stereocenters. The smallest absolute Gasteiger partial charge is 0.251 e. The Morgan fingerprint density at radius 3 is 2.50 bits per heavy atom. The molecule has 4 rings (SSSR count). The molecular formula is C23H22BrCl2N3O. The number of anilines is 1. The Bertz CT molecular complexity index is 1070. The zero-order chi connectivity index (χ0) is 21.1. The quantitative estimate of drug-likeness (QED) is 0.499. The fourth-order valence-corrected chi connectivity index (χ4v) is 4.53. The molecule has 1 saturated heterocycles. The number of carbonyl (C=O) groups excluding carboxylic acids is 1. The first-order valence-corrected chi connectivity index (χ1v) is 11.4. The van der Waals surface area contributed by atoms with Gasteiger partial charge in [0, 0.05) is 49.3 Å². The van der Waals surface area contributed by atoms with Gasteiger partial charge in [0.2, 0.25) is 0 Å². The Morgan fingerprint density at radius 2 is 1.70 bits per heavy atom. The van der Waals surface area contributed by atoms with E-state index in [1.807, 2.05) is 48.5 Å². The Balaban J connectivity index is 1.26. The number of nitrogens with one attached hydrogen (secondary N) is 1. The Kier molecular flexibility index (Phi) is 6.84. The minimum Gasteiger partial charge on any atom is -0.368 e. The number of nitrogens with zero attached hydrogens (tertiary/aromatic N) is 2. The van der Waals surface area contributed by atoms with Crippen molar-refractivity contribution in [1.82, 2.24) is 10.2 Å². The van der Waals surface area contributed by atoms with Crippen molar-refractivity contribution in [2.45, 2.75) is 0 Å². The average molecular weight is 507 g/mol. The van der Waals surface area contributed by atoms with Gasteiger partial charge in [-0.3, -0.25) is 9.69 Å². The number of halogens is 3. The minimum absolute atomic E-state index is 0.0378. The van der Waals surface area contributed by atoms with Crippen molar-refractivity contribution in [2.24, 2.45) is 0 Å². The highest BCUT2D eigenvalue weighted by molar-refractivity contribution is 9.10. The van der Waals surface area contributed by atoms with Gasteiger partial charge in [-0.25, -0.2) is 0 Å². The Labute approximate surface area is 194 Å². The van der Waals surface area contributed by atoms with Crippen LogP contribution in [0.3, 0.4) is 0 Å². The Hall–Kier alpha value is -1.79. The van der Waals surface area contributed by atoms with Crippen molar-refractivity contribution in [3.05, 3.63) is 74.7 Å². The molecule has 0 spiro atoms. The number of amides is 1. The van der Waals surface area contributed by atoms with Crippen LogP contribution in [0.4, 0.5) is 5.69 Å². The lowest BCUT2D eigenvalue weighted by Crippen LogP contribution is -2.48. The van der Waals surface area contributed by atoms with Crippen LogP contribution in [0.2, 0.25) is 10.0 Å². The molecule has 0 aromatic heterocycles. The van der Waals surface area contributed by atoms with Gasteiger partial charge in [0.15, 0.2) is 0 Å². The van der Waals surface area contributed by atoms with Gasteiger partial charge in [0.25, 0.3) is 5.91 Å². The highest BCUT2D eigenvalue weighted by Gasteiger charge is 2.19. The first-order valence-electron chi connectivity index (χ1n) is 9.90. The van der Waals surface area contributed by atoms with E-state index >= 15 is 0 Å². The molecule has 0 atom stereocenters. The van der Waals surface area contributed by atoms with E-state index in [9.17, 15) is 4.79 Å². The van der Waals surface area contributed by atoms with Crippen LogP contribution >= 0.6 is 39.1 Å². The first kappa shape index (κ1) is 21.4. The molecule has 1 amide bonds. The zero-order valence-corrected chi connectivity index (χ0v) is 19.5. The molecule has 0 saturated carbocycles. The van der Waals surface area contributed by atoms with Crippen LogP contribution in [0.5, 0.6) is 0 Å². The maximum absolute atomic E-state index is 12.5. The van der Waals surface area contributed by atoms with Gasteiger partial charge in [-0.15, -0.1) is 0 Å². The van der Waals surface area contributed by atoms with Gasteiger partial charge >= 0.3 is 0 Å². The highest BCUT2D eigenvalue weighted by atomic mass is 79.9. The van der Waals surface area contributed by atoms with Crippen molar-refractivity contribution < 1.29 is 4.79 Å². The van der Waals surface area contributed by atoms with E-state index < -0.39 is 0 Å². The van der Waals surface area contributed by atoms with E-state index in [0.29, 0.717) is 22.2 Å². The lowest BCUT2D eigenvalue weighted by atomic mass is 10.1. The summed E-state index contributed by atoms with van der Waals surface area (Å²) in [5.74, 6) is -0.0378. The SMILES string of the molecule is O=C(NCCN1CCN(c2cccc(Cl)c2Cl)CC1)c1ccc2cc(Br)ccc2c1. The molecule has 7 heteroatoms. The van der Waals surface area contributed by atoms with E-state index in [-0.39, 0.29) is 5.91 Å². The summed E-state index contributed by atoms with van der Waals surface area (Å²) >= 11 is 16.0. The summed E-state index contributed by atoms with van der Waals surface area (Å²) in [6.45, 7) is 5.05. The second kappa shape index (κ2) is 9.56. The topological polar surface area (TPSA) is 35.6 Å². The number of piperazine rings is 1. The van der Waals surface area contributed by atoms with Crippen molar-refractivity contribution in [3.63, 3.8) is 0 Å². The zero-order valence-electron chi connectivity index (χ0n) is 16.4. The largest absolute Gasteiger partial charge is 0.368 e. The number of fused-ring (bicyclic) bond motifs is 1. The summed E-state index contributed by atoms with van der Waals surface area (Å²) < 4.78 is 1.03. The molecular weight excluding hydrogens is 485 g/mol. The van der Waals surface area contributed by atoms with Crippen molar-refractivity contribution in [1.29, 1.82) is 0 Å². The molecule has 3 aromatic rings. The maximum Gasteiger partial charge on any atom is 0.251 e. The Morgan fingerprint density at radius 1 is 0.967 bits per heavy atom. The van der Waals surface area contributed by atoms with Crippen LogP contribution in [-0.4, -0.2) is 50.1 Å². The number of carbonyl (C=O) groups is 1. The second-order valence-electron chi connectivity index (χ2n) is 7.36. The maximum atomic E-state index is 12.5. The molecule has 30 heavy (non-hydrogen) atoms. The predicted octanol–water partition coefficient (Wildman–Crippen LogP) is 5.46. The van der Waals surface area contributed by atoms with Gasteiger partial charge in [0.05, 0.1) is 15.7 Å². The third-order valence-corrected chi connectivity index (χ3v) is 6.72. The predicted molar refractivity (Wildman–Crippen MR) is 129 cm³/mol. The fraction of sp³-hybridized carbons (Fsp3) is 0.261. The number of hydrogen-bond donors (Lipinski definition) is 1. The van der Waals surface area contributed by atoms with Crippen LogP contribution in [0.15, 0.2) is 59.1 Å². The van der Waals surface area contributed by atoms with Gasteiger partial charge in [-0.2, -0.15) is 0 Å². The molecule has 156 valence electrons. The first-order chi connectivity index (χ1) is 14.5. The van der Waals surface area contributed by atoms with Crippen LogP contribution in [0.1, 0.15) is 10.4 Å². The lowest BCUT2D eigenvalue weighted by Gasteiger charge is -2.36. The van der Waals surface area contributed by atoms with Crippen molar-refractivity contribution in [2.75, 3.05) is 44.2 Å². The van der Waals surface area contributed by atoms with Crippen LogP contribution in [0.25, 0.3) is 10.8 Å². The second-order valence-corrected chi connectivity index (χ2v) is 9.06. The number of rotatable bonds is 5. The van der Waals surface area contributed by atoms with Gasteiger partial charge in [-0.1, -0.05) is 57.3 Å². The molecule has 0 bridgehead atoms. The summed E-state index contributed by atoms with van der Waals surface area (Å²) in [4.78, 5) is 17.1. The molecule has 1 aliphatic rings. The third kappa shape index (κ3) is 4.92. The summed E-state index contributed by atoms with van der Waals surface area (Å²) in [6.07, 6.45) is 0. The summed E-state index contributed by atoms with van der Waals surface area (Å²) in [6, 6.07) is 17.6.